The molecule has 24 heavy (non-hydrogen) atoms. The summed E-state index contributed by atoms with van der Waals surface area (Å²) in [6.45, 7) is 1.76. The second-order valence-corrected chi connectivity index (χ2v) is 5.06. The van der Waals surface area contributed by atoms with E-state index in [1.165, 1.54) is 7.11 Å². The molecular weight excluding hydrogens is 310 g/mol. The van der Waals surface area contributed by atoms with Crippen molar-refractivity contribution in [3.05, 3.63) is 53.9 Å². The zero-order chi connectivity index (χ0) is 17.1. The smallest absolute Gasteiger partial charge is 0.337 e. The van der Waals surface area contributed by atoms with E-state index in [1.807, 2.05) is 0 Å². The minimum atomic E-state index is -0.429. The molecular formula is C17H15N3O4. The Morgan fingerprint density at radius 1 is 1.04 bits per heavy atom. The molecule has 2 N–H and O–H groups in total. The van der Waals surface area contributed by atoms with Crippen LogP contribution >= 0.6 is 0 Å². The number of carbonyl (C=O) groups is 2. The van der Waals surface area contributed by atoms with Gasteiger partial charge in [0.05, 0.1) is 12.7 Å². The average molecular weight is 325 g/mol. The highest BCUT2D eigenvalue weighted by Gasteiger charge is 2.08. The minimum Gasteiger partial charge on any atom is -0.465 e. The Morgan fingerprint density at radius 2 is 1.71 bits per heavy atom. The maximum Gasteiger partial charge on any atom is 0.337 e. The van der Waals surface area contributed by atoms with Crippen LogP contribution in [0, 0.1) is 6.92 Å². The maximum atomic E-state index is 12.0. The number of aromatic nitrogens is 1. The van der Waals surface area contributed by atoms with Crippen LogP contribution in [0.5, 0.6) is 0 Å². The van der Waals surface area contributed by atoms with Gasteiger partial charge in [0.1, 0.15) is 5.52 Å². The molecule has 0 fully saturated rings. The Hall–Kier alpha value is -3.35. The molecule has 7 nitrogen and oxygen atoms in total. The van der Waals surface area contributed by atoms with Crippen LogP contribution in [0.3, 0.4) is 0 Å². The first-order valence-electron chi connectivity index (χ1n) is 7.19. The molecule has 2 aromatic carbocycles. The third-order valence-electron chi connectivity index (χ3n) is 3.32. The molecule has 0 saturated carbocycles. The Labute approximate surface area is 137 Å². The van der Waals surface area contributed by atoms with Crippen molar-refractivity contribution in [2.75, 3.05) is 17.7 Å². The average Bonchev–Trinajstić information content (AvgIpc) is 2.94. The monoisotopic (exact) mass is 325 g/mol. The molecule has 0 atom stereocenters. The number of carbonyl (C=O) groups excluding carboxylic acids is 2. The largest absolute Gasteiger partial charge is 0.465 e. The fraction of sp³-hybridized carbons (Fsp3) is 0.118. The first-order valence-corrected chi connectivity index (χ1v) is 7.19. The van der Waals surface area contributed by atoms with Gasteiger partial charge in [-0.15, -0.1) is 0 Å². The molecule has 3 rings (SSSR count). The van der Waals surface area contributed by atoms with Gasteiger partial charge < -0.3 is 19.8 Å². The summed E-state index contributed by atoms with van der Waals surface area (Å²) in [4.78, 5) is 27.6. The second-order valence-electron chi connectivity index (χ2n) is 5.06. The van der Waals surface area contributed by atoms with Crippen molar-refractivity contribution in [2.24, 2.45) is 0 Å². The van der Waals surface area contributed by atoms with Gasteiger partial charge in [-0.25, -0.2) is 14.6 Å². The molecule has 1 aromatic heterocycles. The van der Waals surface area contributed by atoms with E-state index in [4.69, 9.17) is 4.42 Å². The van der Waals surface area contributed by atoms with E-state index in [0.29, 0.717) is 33.9 Å². The summed E-state index contributed by atoms with van der Waals surface area (Å²) >= 11 is 0. The summed E-state index contributed by atoms with van der Waals surface area (Å²) in [6, 6.07) is 11.2. The number of oxazole rings is 1. The number of ether oxygens (including phenoxy) is 1. The van der Waals surface area contributed by atoms with Crippen molar-refractivity contribution >= 4 is 34.5 Å². The van der Waals surface area contributed by atoms with Crippen molar-refractivity contribution in [3.8, 4) is 0 Å². The van der Waals surface area contributed by atoms with E-state index in [1.54, 1.807) is 49.4 Å². The Kier molecular flexibility index (Phi) is 4.15. The van der Waals surface area contributed by atoms with E-state index in [2.05, 4.69) is 20.4 Å². The molecule has 0 aliphatic rings. The van der Waals surface area contributed by atoms with E-state index in [9.17, 15) is 9.59 Å². The van der Waals surface area contributed by atoms with Crippen molar-refractivity contribution < 1.29 is 18.7 Å². The maximum absolute atomic E-state index is 12.0. The number of nitrogens with one attached hydrogen (secondary N) is 2. The molecule has 0 saturated heterocycles. The lowest BCUT2D eigenvalue weighted by atomic mass is 10.2. The molecule has 1 heterocycles. The fourth-order valence-corrected chi connectivity index (χ4v) is 2.22. The highest BCUT2D eigenvalue weighted by atomic mass is 16.5. The molecule has 0 bridgehead atoms. The van der Waals surface area contributed by atoms with Gasteiger partial charge in [0.2, 0.25) is 0 Å². The van der Waals surface area contributed by atoms with Crippen molar-refractivity contribution in [1.82, 2.24) is 4.98 Å². The summed E-state index contributed by atoms with van der Waals surface area (Å²) < 4.78 is 10.0. The number of hydrogen-bond donors (Lipinski definition) is 2. The molecule has 2 amide bonds. The summed E-state index contributed by atoms with van der Waals surface area (Å²) in [5, 5.41) is 5.40. The third-order valence-corrected chi connectivity index (χ3v) is 3.32. The lowest BCUT2D eigenvalue weighted by molar-refractivity contribution is 0.0600. The van der Waals surface area contributed by atoms with Crippen LogP contribution in [0.15, 0.2) is 46.9 Å². The van der Waals surface area contributed by atoms with Gasteiger partial charge in [0.15, 0.2) is 11.5 Å². The van der Waals surface area contributed by atoms with Crippen molar-refractivity contribution in [2.45, 2.75) is 6.92 Å². The standard InChI is InChI=1S/C17H15N3O4/c1-10-18-14-9-13(7-8-15(14)24-10)20-17(22)19-12-5-3-11(4-6-12)16(21)23-2/h3-9H,1-2H3,(H2,19,20,22). The molecule has 0 spiro atoms. The van der Waals surface area contributed by atoms with Gasteiger partial charge >= 0.3 is 12.0 Å². The van der Waals surface area contributed by atoms with Gasteiger partial charge in [-0.05, 0) is 42.5 Å². The first kappa shape index (κ1) is 15.5. The lowest BCUT2D eigenvalue weighted by Crippen LogP contribution is -2.19. The van der Waals surface area contributed by atoms with Crippen molar-refractivity contribution in [3.63, 3.8) is 0 Å². The Balaban J connectivity index is 1.66. The second kappa shape index (κ2) is 6.41. The number of urea groups is 1. The van der Waals surface area contributed by atoms with Crippen LogP contribution < -0.4 is 10.6 Å². The number of nitrogens with zero attached hydrogens (tertiary/aromatic N) is 1. The van der Waals surface area contributed by atoms with Crippen LogP contribution in [0.25, 0.3) is 11.1 Å². The molecule has 7 heteroatoms. The van der Waals surface area contributed by atoms with Gasteiger partial charge in [-0.3, -0.25) is 0 Å². The van der Waals surface area contributed by atoms with Gasteiger partial charge in [-0.1, -0.05) is 0 Å². The molecule has 3 aromatic rings. The number of rotatable bonds is 3. The number of hydrogen-bond acceptors (Lipinski definition) is 5. The number of benzene rings is 2. The van der Waals surface area contributed by atoms with Gasteiger partial charge in [0.25, 0.3) is 0 Å². The fourth-order valence-electron chi connectivity index (χ4n) is 2.22. The number of amides is 2. The van der Waals surface area contributed by atoms with E-state index in [0.717, 1.165) is 0 Å². The summed E-state index contributed by atoms with van der Waals surface area (Å²) in [7, 11) is 1.31. The quantitative estimate of drug-likeness (QED) is 0.718. The number of methoxy groups -OCH3 is 1. The first-order chi connectivity index (χ1) is 11.5. The van der Waals surface area contributed by atoms with Crippen molar-refractivity contribution in [1.29, 1.82) is 0 Å². The highest BCUT2D eigenvalue weighted by Crippen LogP contribution is 2.20. The van der Waals surface area contributed by atoms with E-state index < -0.39 is 12.0 Å². The van der Waals surface area contributed by atoms with Crippen LogP contribution in [0.4, 0.5) is 16.2 Å². The van der Waals surface area contributed by atoms with Crippen LogP contribution in [-0.2, 0) is 4.74 Å². The zero-order valence-corrected chi connectivity index (χ0v) is 13.1. The Morgan fingerprint density at radius 3 is 2.42 bits per heavy atom. The minimum absolute atomic E-state index is 0.402. The number of fused-ring (bicyclic) bond motifs is 1. The lowest BCUT2D eigenvalue weighted by Gasteiger charge is -2.08. The van der Waals surface area contributed by atoms with E-state index >= 15 is 0 Å². The van der Waals surface area contributed by atoms with Crippen LogP contribution in [0.1, 0.15) is 16.2 Å². The van der Waals surface area contributed by atoms with Crippen LogP contribution in [-0.4, -0.2) is 24.1 Å². The molecule has 0 unspecified atom stereocenters. The van der Waals surface area contributed by atoms with Gasteiger partial charge in [0, 0.05) is 18.3 Å². The highest BCUT2D eigenvalue weighted by molar-refractivity contribution is 6.01. The predicted octanol–water partition coefficient (Wildman–Crippen LogP) is 3.57. The van der Waals surface area contributed by atoms with Crippen LogP contribution in [0.2, 0.25) is 0 Å². The summed E-state index contributed by atoms with van der Waals surface area (Å²) in [6.07, 6.45) is 0. The zero-order valence-electron chi connectivity index (χ0n) is 13.1. The summed E-state index contributed by atoms with van der Waals surface area (Å²) in [5.74, 6) is 0.138. The normalized spacial score (nSPS) is 10.4. The third kappa shape index (κ3) is 3.35. The van der Waals surface area contributed by atoms with E-state index in [-0.39, 0.29) is 0 Å². The molecule has 0 aliphatic carbocycles. The number of aryl methyl sites for hydroxylation is 1. The number of anilines is 2. The topological polar surface area (TPSA) is 93.5 Å². The molecule has 0 aliphatic heterocycles. The summed E-state index contributed by atoms with van der Waals surface area (Å²) in [5.41, 5.74) is 2.90. The molecule has 0 radical (unpaired) electrons. The SMILES string of the molecule is COC(=O)c1ccc(NC(=O)Nc2ccc3oc(C)nc3c2)cc1. The molecule has 122 valence electrons. The predicted molar refractivity (Wildman–Crippen MR) is 89.2 cm³/mol. The Bertz CT molecular complexity index is 900. The van der Waals surface area contributed by atoms with Gasteiger partial charge in [-0.2, -0.15) is 0 Å². The number of esters is 1.